The maximum atomic E-state index is 12.7. The second-order valence-electron chi connectivity index (χ2n) is 5.34. The second-order valence-corrected chi connectivity index (χ2v) is 7.02. The van der Waals surface area contributed by atoms with Gasteiger partial charge in [0.15, 0.2) is 17.1 Å². The highest BCUT2D eigenvalue weighted by molar-refractivity contribution is 7.92. The smallest absolute Gasteiger partial charge is 0.417 e. The third-order valence-corrected chi connectivity index (χ3v) is 5.06. The summed E-state index contributed by atoms with van der Waals surface area (Å²) >= 11 is 0. The number of carboxylic acid groups (broad SMARTS) is 1. The standard InChI is InChI=1S/C16H14N2O8S/c1-24-13-6-9(15(19)20)11(7-14(13)25-2)18-27(22,23)8-3-4-10-12(5-8)26-16(21)17-10/h3-7,18H,1-2H3,(H,17,21)(H,19,20). The number of aromatic nitrogens is 1. The van der Waals surface area contributed by atoms with E-state index >= 15 is 0 Å². The van der Waals surface area contributed by atoms with Crippen LogP contribution >= 0.6 is 0 Å². The van der Waals surface area contributed by atoms with Gasteiger partial charge in [-0.05, 0) is 12.1 Å². The Labute approximate surface area is 152 Å². The molecule has 1 aromatic heterocycles. The molecule has 0 fully saturated rings. The minimum absolute atomic E-state index is 0.0497. The van der Waals surface area contributed by atoms with E-state index in [9.17, 15) is 23.1 Å². The fourth-order valence-electron chi connectivity index (χ4n) is 2.44. The van der Waals surface area contributed by atoms with Gasteiger partial charge in [-0.1, -0.05) is 0 Å². The van der Waals surface area contributed by atoms with E-state index < -0.39 is 21.7 Å². The van der Waals surface area contributed by atoms with Crippen molar-refractivity contribution in [1.29, 1.82) is 0 Å². The van der Waals surface area contributed by atoms with Crippen LogP contribution in [0.4, 0.5) is 5.69 Å². The molecule has 0 unspecified atom stereocenters. The third-order valence-electron chi connectivity index (χ3n) is 3.70. The maximum absolute atomic E-state index is 12.7. The number of hydrogen-bond donors (Lipinski definition) is 3. The summed E-state index contributed by atoms with van der Waals surface area (Å²) in [6.07, 6.45) is 0. The summed E-state index contributed by atoms with van der Waals surface area (Å²) in [7, 11) is -1.52. The van der Waals surface area contributed by atoms with Crippen molar-refractivity contribution in [3.63, 3.8) is 0 Å². The van der Waals surface area contributed by atoms with E-state index in [0.29, 0.717) is 5.52 Å². The molecule has 10 nitrogen and oxygen atoms in total. The van der Waals surface area contributed by atoms with Crippen LogP contribution in [0.2, 0.25) is 0 Å². The van der Waals surface area contributed by atoms with E-state index in [1.54, 1.807) is 0 Å². The quantitative estimate of drug-likeness (QED) is 0.571. The monoisotopic (exact) mass is 394 g/mol. The molecule has 0 aliphatic carbocycles. The average molecular weight is 394 g/mol. The Balaban J connectivity index is 2.08. The molecule has 0 spiro atoms. The minimum Gasteiger partial charge on any atom is -0.493 e. The molecule has 0 atom stereocenters. The highest BCUT2D eigenvalue weighted by atomic mass is 32.2. The number of carbonyl (C=O) groups is 1. The average Bonchev–Trinajstić information content (AvgIpc) is 2.99. The van der Waals surface area contributed by atoms with E-state index in [4.69, 9.17) is 13.9 Å². The molecule has 0 bridgehead atoms. The van der Waals surface area contributed by atoms with Gasteiger partial charge in [-0.25, -0.2) is 18.0 Å². The van der Waals surface area contributed by atoms with E-state index in [-0.39, 0.29) is 33.2 Å². The predicted molar refractivity (Wildman–Crippen MR) is 94.1 cm³/mol. The summed E-state index contributed by atoms with van der Waals surface area (Å²) in [5, 5.41) is 9.38. The van der Waals surface area contributed by atoms with Gasteiger partial charge in [0, 0.05) is 18.2 Å². The number of sulfonamides is 1. The first kappa shape index (κ1) is 18.3. The number of carboxylic acids is 1. The molecular weight excluding hydrogens is 380 g/mol. The SMILES string of the molecule is COc1cc(NS(=O)(=O)c2ccc3[nH]c(=O)oc3c2)c(C(=O)O)cc1OC. The topological polar surface area (TPSA) is 148 Å². The normalized spacial score (nSPS) is 11.3. The van der Waals surface area contributed by atoms with Gasteiger partial charge in [0.1, 0.15) is 0 Å². The molecule has 0 radical (unpaired) electrons. The summed E-state index contributed by atoms with van der Waals surface area (Å²) in [6.45, 7) is 0. The Kier molecular flexibility index (Phi) is 4.54. The Morgan fingerprint density at radius 3 is 2.44 bits per heavy atom. The Morgan fingerprint density at radius 2 is 1.81 bits per heavy atom. The lowest BCUT2D eigenvalue weighted by Crippen LogP contribution is -2.16. The molecule has 0 saturated carbocycles. The molecule has 3 N–H and O–H groups in total. The van der Waals surface area contributed by atoms with E-state index in [1.807, 2.05) is 0 Å². The van der Waals surface area contributed by atoms with E-state index in [2.05, 4.69) is 9.71 Å². The number of hydrogen-bond acceptors (Lipinski definition) is 7. The van der Waals surface area contributed by atoms with E-state index in [1.165, 1.54) is 32.4 Å². The molecule has 3 aromatic rings. The molecule has 3 rings (SSSR count). The van der Waals surface area contributed by atoms with E-state index in [0.717, 1.165) is 12.1 Å². The van der Waals surface area contributed by atoms with Crippen molar-refractivity contribution < 1.29 is 32.2 Å². The van der Waals surface area contributed by atoms with Crippen molar-refractivity contribution in [2.24, 2.45) is 0 Å². The van der Waals surface area contributed by atoms with Gasteiger partial charge in [0.2, 0.25) is 0 Å². The number of ether oxygens (including phenoxy) is 2. The number of fused-ring (bicyclic) bond motifs is 1. The number of nitrogens with one attached hydrogen (secondary N) is 2. The van der Waals surface area contributed by atoms with Crippen molar-refractivity contribution in [3.8, 4) is 11.5 Å². The number of oxazole rings is 1. The first-order valence-corrected chi connectivity index (χ1v) is 8.88. The van der Waals surface area contributed by atoms with Gasteiger partial charge in [0.05, 0.1) is 35.9 Å². The second kappa shape index (κ2) is 6.68. The van der Waals surface area contributed by atoms with Crippen LogP contribution in [0.3, 0.4) is 0 Å². The largest absolute Gasteiger partial charge is 0.493 e. The van der Waals surface area contributed by atoms with Gasteiger partial charge in [-0.2, -0.15) is 0 Å². The molecule has 1 heterocycles. The lowest BCUT2D eigenvalue weighted by atomic mass is 10.1. The number of H-pyrrole nitrogens is 1. The Hall–Kier alpha value is -3.47. The molecule has 0 aliphatic rings. The zero-order valence-corrected chi connectivity index (χ0v) is 14.9. The van der Waals surface area contributed by atoms with Gasteiger partial charge >= 0.3 is 11.7 Å². The molecule has 142 valence electrons. The fraction of sp³-hybridized carbons (Fsp3) is 0.125. The van der Waals surface area contributed by atoms with Crippen molar-refractivity contribution >= 4 is 32.8 Å². The summed E-state index contributed by atoms with van der Waals surface area (Å²) in [5.74, 6) is -1.80. The maximum Gasteiger partial charge on any atom is 0.417 e. The molecule has 0 saturated heterocycles. The number of aromatic amines is 1. The zero-order valence-electron chi connectivity index (χ0n) is 14.1. The third kappa shape index (κ3) is 3.44. The predicted octanol–water partition coefficient (Wildman–Crippen LogP) is 1.64. The molecule has 0 aliphatic heterocycles. The van der Waals surface area contributed by atoms with Crippen molar-refractivity contribution in [2.75, 3.05) is 18.9 Å². The summed E-state index contributed by atoms with van der Waals surface area (Å²) < 4.78 is 42.5. The molecule has 11 heteroatoms. The highest BCUT2D eigenvalue weighted by Crippen LogP contribution is 2.34. The molecule has 2 aromatic carbocycles. The number of anilines is 1. The van der Waals surface area contributed by atoms with Gasteiger partial charge in [-0.15, -0.1) is 0 Å². The Morgan fingerprint density at radius 1 is 1.15 bits per heavy atom. The summed E-state index contributed by atoms with van der Waals surface area (Å²) in [4.78, 5) is 24.9. The van der Waals surface area contributed by atoms with Crippen LogP contribution in [0.5, 0.6) is 11.5 Å². The van der Waals surface area contributed by atoms with Crippen LogP contribution in [-0.2, 0) is 10.0 Å². The highest BCUT2D eigenvalue weighted by Gasteiger charge is 2.22. The lowest BCUT2D eigenvalue weighted by molar-refractivity contribution is 0.0697. The molecular formula is C16H14N2O8S. The number of benzene rings is 2. The van der Waals surface area contributed by atoms with Crippen LogP contribution in [0.25, 0.3) is 11.1 Å². The van der Waals surface area contributed by atoms with Crippen LogP contribution in [0.1, 0.15) is 10.4 Å². The van der Waals surface area contributed by atoms with Crippen LogP contribution < -0.4 is 20.0 Å². The lowest BCUT2D eigenvalue weighted by Gasteiger charge is -2.14. The van der Waals surface area contributed by atoms with Crippen LogP contribution in [0, 0.1) is 0 Å². The number of aromatic carboxylic acids is 1. The minimum atomic E-state index is -4.18. The number of methoxy groups -OCH3 is 2. The summed E-state index contributed by atoms with van der Waals surface area (Å²) in [6, 6.07) is 6.11. The van der Waals surface area contributed by atoms with Crippen molar-refractivity contribution in [1.82, 2.24) is 4.98 Å². The van der Waals surface area contributed by atoms with Crippen LogP contribution in [0.15, 0.2) is 44.4 Å². The fourth-order valence-corrected chi connectivity index (χ4v) is 3.52. The Bertz CT molecular complexity index is 1190. The van der Waals surface area contributed by atoms with Gasteiger partial charge in [0.25, 0.3) is 10.0 Å². The first-order valence-electron chi connectivity index (χ1n) is 7.40. The molecule has 27 heavy (non-hydrogen) atoms. The van der Waals surface area contributed by atoms with Crippen LogP contribution in [-0.4, -0.2) is 38.7 Å². The van der Waals surface area contributed by atoms with Gasteiger partial charge < -0.3 is 19.0 Å². The van der Waals surface area contributed by atoms with Crippen molar-refractivity contribution in [3.05, 3.63) is 46.4 Å². The zero-order chi connectivity index (χ0) is 19.8. The number of rotatable bonds is 6. The first-order chi connectivity index (χ1) is 12.7. The van der Waals surface area contributed by atoms with Crippen molar-refractivity contribution in [2.45, 2.75) is 4.90 Å². The molecule has 0 amide bonds. The van der Waals surface area contributed by atoms with Gasteiger partial charge in [-0.3, -0.25) is 9.71 Å². The summed E-state index contributed by atoms with van der Waals surface area (Å²) in [5.41, 5.74) is -0.161.